The van der Waals surface area contributed by atoms with Crippen LogP contribution in [-0.2, 0) is 0 Å². The van der Waals surface area contributed by atoms with Crippen molar-refractivity contribution < 1.29 is 18.8 Å². The Morgan fingerprint density at radius 3 is 2.56 bits per heavy atom. The Kier molecular flexibility index (Phi) is 4.90. The minimum absolute atomic E-state index is 0.0228. The van der Waals surface area contributed by atoms with Crippen molar-refractivity contribution >= 4 is 5.91 Å². The van der Waals surface area contributed by atoms with Crippen molar-refractivity contribution in [2.75, 3.05) is 6.54 Å². The average Bonchev–Trinajstić information content (AvgIpc) is 3.11. The first kappa shape index (κ1) is 16.9. The second-order valence-electron chi connectivity index (χ2n) is 5.72. The van der Waals surface area contributed by atoms with Gasteiger partial charge in [0.1, 0.15) is 11.5 Å². The maximum Gasteiger partial charge on any atom is 0.290 e. The summed E-state index contributed by atoms with van der Waals surface area (Å²) in [4.78, 5) is 12.1. The molecule has 0 fully saturated rings. The molecule has 2 aromatic carbocycles. The molecule has 128 valence electrons. The third kappa shape index (κ3) is 4.10. The largest absolute Gasteiger partial charge is 0.387 e. The van der Waals surface area contributed by atoms with Gasteiger partial charge in [-0.05, 0) is 24.6 Å². The molecule has 1 aromatic heterocycles. The van der Waals surface area contributed by atoms with Gasteiger partial charge in [-0.15, -0.1) is 0 Å². The molecule has 3 aromatic rings. The van der Waals surface area contributed by atoms with Crippen molar-refractivity contribution in [1.82, 2.24) is 10.5 Å². The van der Waals surface area contributed by atoms with Gasteiger partial charge in [0.15, 0.2) is 0 Å². The summed E-state index contributed by atoms with van der Waals surface area (Å²) in [5, 5.41) is 16.5. The van der Waals surface area contributed by atoms with E-state index in [1.165, 1.54) is 24.3 Å². The Balaban J connectivity index is 1.62. The van der Waals surface area contributed by atoms with Crippen LogP contribution in [0.4, 0.5) is 4.39 Å². The van der Waals surface area contributed by atoms with Crippen LogP contribution in [-0.4, -0.2) is 22.7 Å². The fourth-order valence-corrected chi connectivity index (χ4v) is 2.32. The molecule has 1 atom stereocenters. The summed E-state index contributed by atoms with van der Waals surface area (Å²) in [6.07, 6.45) is -0.941. The molecule has 2 N–H and O–H groups in total. The number of aromatic nitrogens is 1. The molecule has 25 heavy (non-hydrogen) atoms. The Bertz CT molecular complexity index is 857. The number of aliphatic hydroxyl groups is 1. The molecule has 0 spiro atoms. The summed E-state index contributed by atoms with van der Waals surface area (Å²) in [6, 6.07) is 14.7. The zero-order valence-electron chi connectivity index (χ0n) is 13.6. The number of hydrogen-bond donors (Lipinski definition) is 2. The number of hydrogen-bond acceptors (Lipinski definition) is 4. The zero-order valence-corrected chi connectivity index (χ0v) is 13.6. The number of aryl methyl sites for hydroxylation is 1. The van der Waals surface area contributed by atoms with Crippen LogP contribution < -0.4 is 5.32 Å². The molecule has 1 heterocycles. The number of nitrogens with zero attached hydrogens (tertiary/aromatic N) is 1. The second-order valence-corrected chi connectivity index (χ2v) is 5.72. The van der Waals surface area contributed by atoms with Crippen molar-refractivity contribution in [2.45, 2.75) is 13.0 Å². The molecule has 0 aliphatic carbocycles. The first-order valence-electron chi connectivity index (χ1n) is 7.78. The Labute approximate surface area is 144 Å². The van der Waals surface area contributed by atoms with Crippen LogP contribution in [0.5, 0.6) is 0 Å². The van der Waals surface area contributed by atoms with Gasteiger partial charge in [0.05, 0.1) is 6.10 Å². The summed E-state index contributed by atoms with van der Waals surface area (Å²) >= 11 is 0. The molecule has 0 saturated carbocycles. The van der Waals surface area contributed by atoms with E-state index in [1.54, 1.807) is 6.07 Å². The van der Waals surface area contributed by atoms with Crippen molar-refractivity contribution in [1.29, 1.82) is 0 Å². The zero-order chi connectivity index (χ0) is 17.8. The highest BCUT2D eigenvalue weighted by molar-refractivity contribution is 5.92. The van der Waals surface area contributed by atoms with Gasteiger partial charge in [-0.25, -0.2) is 4.39 Å². The van der Waals surface area contributed by atoms with E-state index < -0.39 is 12.0 Å². The summed E-state index contributed by atoms with van der Waals surface area (Å²) in [7, 11) is 0. The normalized spacial score (nSPS) is 12.0. The molecule has 0 aliphatic rings. The monoisotopic (exact) mass is 340 g/mol. The fourth-order valence-electron chi connectivity index (χ4n) is 2.32. The van der Waals surface area contributed by atoms with E-state index in [2.05, 4.69) is 10.5 Å². The second kappa shape index (κ2) is 7.27. The van der Waals surface area contributed by atoms with Gasteiger partial charge in [-0.2, -0.15) is 0 Å². The lowest BCUT2D eigenvalue weighted by molar-refractivity contribution is 0.0880. The average molecular weight is 340 g/mol. The number of amides is 1. The lowest BCUT2D eigenvalue weighted by Crippen LogP contribution is -2.28. The highest BCUT2D eigenvalue weighted by Gasteiger charge is 2.16. The standard InChI is InChI=1S/C19H17FN2O3/c1-12-2-4-13(5-3-12)16-10-18(25-22-16)19(24)21-11-17(23)14-6-8-15(20)9-7-14/h2-10,17,23H,11H2,1H3,(H,21,24). The molecule has 0 radical (unpaired) electrons. The van der Waals surface area contributed by atoms with Crippen LogP contribution in [0.1, 0.15) is 27.8 Å². The van der Waals surface area contributed by atoms with Gasteiger partial charge in [0.25, 0.3) is 5.91 Å². The summed E-state index contributed by atoms with van der Waals surface area (Å²) < 4.78 is 18.0. The van der Waals surface area contributed by atoms with Crippen LogP contribution >= 0.6 is 0 Å². The predicted molar refractivity (Wildman–Crippen MR) is 90.4 cm³/mol. The first-order valence-corrected chi connectivity index (χ1v) is 7.78. The minimum Gasteiger partial charge on any atom is -0.387 e. The van der Waals surface area contributed by atoms with E-state index >= 15 is 0 Å². The van der Waals surface area contributed by atoms with Crippen LogP contribution in [0.15, 0.2) is 59.1 Å². The van der Waals surface area contributed by atoms with E-state index in [0.717, 1.165) is 11.1 Å². The van der Waals surface area contributed by atoms with Crippen LogP contribution in [0.2, 0.25) is 0 Å². The van der Waals surface area contributed by atoms with Crippen molar-refractivity contribution in [3.63, 3.8) is 0 Å². The molecule has 0 aliphatic heterocycles. The van der Waals surface area contributed by atoms with Gasteiger partial charge in [0.2, 0.25) is 5.76 Å². The van der Waals surface area contributed by atoms with E-state index in [1.807, 2.05) is 31.2 Å². The molecule has 5 nitrogen and oxygen atoms in total. The van der Waals surface area contributed by atoms with Gasteiger partial charge in [-0.1, -0.05) is 47.1 Å². The van der Waals surface area contributed by atoms with Crippen LogP contribution in [0, 0.1) is 12.7 Å². The van der Waals surface area contributed by atoms with E-state index in [-0.39, 0.29) is 18.1 Å². The topological polar surface area (TPSA) is 75.4 Å². The third-order valence-electron chi connectivity index (χ3n) is 3.79. The lowest BCUT2D eigenvalue weighted by atomic mass is 10.1. The molecule has 0 saturated heterocycles. The maximum atomic E-state index is 12.9. The molecule has 1 unspecified atom stereocenters. The Hall–Kier alpha value is -2.99. The van der Waals surface area contributed by atoms with E-state index in [0.29, 0.717) is 11.3 Å². The van der Waals surface area contributed by atoms with Crippen molar-refractivity contribution in [2.24, 2.45) is 0 Å². The summed E-state index contributed by atoms with van der Waals surface area (Å²) in [5.74, 6) is -0.806. The number of rotatable bonds is 5. The van der Waals surface area contributed by atoms with E-state index in [9.17, 15) is 14.3 Å². The lowest BCUT2D eigenvalue weighted by Gasteiger charge is -2.11. The molecular weight excluding hydrogens is 323 g/mol. The molecular formula is C19H17FN2O3. The summed E-state index contributed by atoms with van der Waals surface area (Å²) in [6.45, 7) is 1.96. The number of aliphatic hydroxyl groups excluding tert-OH is 1. The quantitative estimate of drug-likeness (QED) is 0.747. The number of carbonyl (C=O) groups excluding carboxylic acids is 1. The molecule has 1 amide bonds. The fraction of sp³-hybridized carbons (Fsp3) is 0.158. The molecule has 0 bridgehead atoms. The molecule has 3 rings (SSSR count). The van der Waals surface area contributed by atoms with Gasteiger partial charge < -0.3 is 14.9 Å². The number of carbonyl (C=O) groups is 1. The van der Waals surface area contributed by atoms with Crippen molar-refractivity contribution in [3.8, 4) is 11.3 Å². The van der Waals surface area contributed by atoms with E-state index in [4.69, 9.17) is 4.52 Å². The van der Waals surface area contributed by atoms with Crippen LogP contribution in [0.3, 0.4) is 0 Å². The third-order valence-corrected chi connectivity index (χ3v) is 3.79. The SMILES string of the molecule is Cc1ccc(-c2cc(C(=O)NCC(O)c3ccc(F)cc3)on2)cc1. The summed E-state index contributed by atoms with van der Waals surface area (Å²) in [5.41, 5.74) is 3.04. The predicted octanol–water partition coefficient (Wildman–Crippen LogP) is 3.25. The molecule has 6 heteroatoms. The highest BCUT2D eigenvalue weighted by atomic mass is 19.1. The Morgan fingerprint density at radius 2 is 1.88 bits per heavy atom. The first-order chi connectivity index (χ1) is 12.0. The number of benzene rings is 2. The van der Waals surface area contributed by atoms with Crippen LogP contribution in [0.25, 0.3) is 11.3 Å². The van der Waals surface area contributed by atoms with Crippen molar-refractivity contribution in [3.05, 3.63) is 77.3 Å². The number of nitrogens with one attached hydrogen (secondary N) is 1. The Morgan fingerprint density at radius 1 is 1.20 bits per heavy atom. The van der Waals surface area contributed by atoms with Gasteiger partial charge in [0, 0.05) is 18.2 Å². The number of halogens is 1. The van der Waals surface area contributed by atoms with Gasteiger partial charge >= 0.3 is 0 Å². The maximum absolute atomic E-state index is 12.9. The highest BCUT2D eigenvalue weighted by Crippen LogP contribution is 2.20. The smallest absolute Gasteiger partial charge is 0.290 e. The van der Waals surface area contributed by atoms with Gasteiger partial charge in [-0.3, -0.25) is 4.79 Å². The minimum atomic E-state index is -0.941.